The highest BCUT2D eigenvalue weighted by Crippen LogP contribution is 2.49. The Balaban J connectivity index is 1.87. The Morgan fingerprint density at radius 3 is 2.78 bits per heavy atom. The molecule has 3 unspecified atom stereocenters. The van der Waals surface area contributed by atoms with Crippen LogP contribution in [0.5, 0.6) is 5.75 Å². The molecule has 1 fully saturated rings. The van der Waals surface area contributed by atoms with E-state index in [0.29, 0.717) is 10.1 Å². The predicted octanol–water partition coefficient (Wildman–Crippen LogP) is 4.52. The molecule has 0 saturated carbocycles. The van der Waals surface area contributed by atoms with Gasteiger partial charge in [-0.25, -0.2) is 0 Å². The van der Waals surface area contributed by atoms with Crippen molar-refractivity contribution in [2.75, 3.05) is 4.90 Å². The highest BCUT2D eigenvalue weighted by atomic mass is 35.5. The maximum atomic E-state index is 6.44. The lowest BCUT2D eigenvalue weighted by Crippen LogP contribution is -2.69. The number of hydrogen-bond acceptors (Lipinski definition) is 2. The molecule has 2 aliphatic heterocycles. The third kappa shape index (κ3) is 2.12. The van der Waals surface area contributed by atoms with Crippen LogP contribution in [0.1, 0.15) is 25.5 Å². The molecule has 0 radical (unpaired) electrons. The monoisotopic (exact) mass is 344 g/mol. The van der Waals surface area contributed by atoms with Gasteiger partial charge in [-0.15, -0.1) is 0 Å². The molecule has 0 spiro atoms. The van der Waals surface area contributed by atoms with E-state index >= 15 is 0 Å². The Bertz CT molecular complexity index is 796. The first-order valence-corrected chi connectivity index (χ1v) is 8.43. The third-order valence-corrected chi connectivity index (χ3v) is 5.44. The van der Waals surface area contributed by atoms with Gasteiger partial charge in [-0.1, -0.05) is 42.8 Å². The van der Waals surface area contributed by atoms with E-state index in [0.717, 1.165) is 17.0 Å². The zero-order valence-electron chi connectivity index (χ0n) is 12.9. The SMILES string of the molecule is CC1C2NC(=S)N(c3cccc(Cl)c3)C1(C)Oc1ccccc12. The molecule has 2 heterocycles. The van der Waals surface area contributed by atoms with E-state index < -0.39 is 5.72 Å². The second-order valence-electron chi connectivity index (χ2n) is 6.23. The zero-order valence-corrected chi connectivity index (χ0v) is 14.5. The standard InChI is InChI=1S/C18H17ClN2OS/c1-11-16-14-8-3-4-9-15(14)22-18(11,2)21(17(23)20-16)13-7-5-6-12(19)10-13/h3-11,16H,1-2H3,(H,20,23). The van der Waals surface area contributed by atoms with Crippen molar-refractivity contribution < 1.29 is 4.74 Å². The van der Waals surface area contributed by atoms with Crippen LogP contribution in [-0.4, -0.2) is 10.8 Å². The van der Waals surface area contributed by atoms with Gasteiger partial charge in [0, 0.05) is 22.2 Å². The number of rotatable bonds is 1. The van der Waals surface area contributed by atoms with E-state index in [2.05, 4.69) is 25.2 Å². The number of anilines is 1. The van der Waals surface area contributed by atoms with Gasteiger partial charge < -0.3 is 10.1 Å². The summed E-state index contributed by atoms with van der Waals surface area (Å²) in [5, 5.41) is 4.82. The van der Waals surface area contributed by atoms with Crippen LogP contribution in [0.25, 0.3) is 0 Å². The summed E-state index contributed by atoms with van der Waals surface area (Å²) < 4.78 is 6.44. The number of halogens is 1. The summed E-state index contributed by atoms with van der Waals surface area (Å²) in [5.41, 5.74) is 1.53. The van der Waals surface area contributed by atoms with Gasteiger partial charge in [0.25, 0.3) is 0 Å². The van der Waals surface area contributed by atoms with Crippen LogP contribution in [0.4, 0.5) is 5.69 Å². The molecule has 118 valence electrons. The first-order valence-electron chi connectivity index (χ1n) is 7.65. The summed E-state index contributed by atoms with van der Waals surface area (Å²) in [6.45, 7) is 4.28. The molecule has 4 rings (SSSR count). The number of nitrogens with one attached hydrogen (secondary N) is 1. The molecular formula is C18H17ClN2OS. The van der Waals surface area contributed by atoms with Gasteiger partial charge in [0.2, 0.25) is 0 Å². The largest absolute Gasteiger partial charge is 0.467 e. The normalized spacial score (nSPS) is 28.7. The number of para-hydroxylation sites is 1. The minimum absolute atomic E-state index is 0.146. The summed E-state index contributed by atoms with van der Waals surface area (Å²) in [5.74, 6) is 1.11. The molecule has 1 saturated heterocycles. The van der Waals surface area contributed by atoms with Crippen LogP contribution in [0.3, 0.4) is 0 Å². The van der Waals surface area contributed by atoms with E-state index in [4.69, 9.17) is 28.6 Å². The molecule has 0 amide bonds. The number of nitrogens with zero attached hydrogens (tertiary/aromatic N) is 1. The molecule has 5 heteroatoms. The summed E-state index contributed by atoms with van der Waals surface area (Å²) in [6, 6.07) is 16.0. The van der Waals surface area contributed by atoms with Gasteiger partial charge >= 0.3 is 0 Å². The molecule has 0 aliphatic carbocycles. The maximum absolute atomic E-state index is 6.44. The number of benzene rings is 2. The lowest BCUT2D eigenvalue weighted by Gasteiger charge is -2.56. The molecule has 3 nitrogen and oxygen atoms in total. The molecule has 2 aromatic carbocycles. The van der Waals surface area contributed by atoms with Crippen LogP contribution in [0.15, 0.2) is 48.5 Å². The van der Waals surface area contributed by atoms with Gasteiger partial charge in [-0.3, -0.25) is 4.90 Å². The fraction of sp³-hybridized carbons (Fsp3) is 0.278. The lowest BCUT2D eigenvalue weighted by atomic mass is 9.81. The van der Waals surface area contributed by atoms with Crippen LogP contribution >= 0.6 is 23.8 Å². The van der Waals surface area contributed by atoms with Gasteiger partial charge in [0.05, 0.1) is 6.04 Å². The van der Waals surface area contributed by atoms with Crippen molar-refractivity contribution in [3.05, 3.63) is 59.1 Å². The highest BCUT2D eigenvalue weighted by Gasteiger charge is 2.53. The summed E-state index contributed by atoms with van der Waals surface area (Å²) in [6.07, 6.45) is 0. The maximum Gasteiger partial charge on any atom is 0.190 e. The number of fused-ring (bicyclic) bond motifs is 4. The van der Waals surface area contributed by atoms with Crippen LogP contribution in [-0.2, 0) is 0 Å². The third-order valence-electron chi connectivity index (χ3n) is 4.91. The first-order chi connectivity index (χ1) is 11.0. The Labute approximate surface area is 146 Å². The Morgan fingerprint density at radius 1 is 1.22 bits per heavy atom. The molecule has 23 heavy (non-hydrogen) atoms. The van der Waals surface area contributed by atoms with Crippen LogP contribution < -0.4 is 15.0 Å². The Kier molecular flexibility index (Phi) is 3.29. The molecule has 2 aromatic rings. The summed E-state index contributed by atoms with van der Waals surface area (Å²) in [7, 11) is 0. The number of thiocarbonyl (C=S) groups is 1. The Hall–Kier alpha value is -1.78. The fourth-order valence-electron chi connectivity index (χ4n) is 3.56. The molecule has 2 aliphatic rings. The minimum Gasteiger partial charge on any atom is -0.467 e. The fourth-order valence-corrected chi connectivity index (χ4v) is 4.16. The predicted molar refractivity (Wildman–Crippen MR) is 97.0 cm³/mol. The number of ether oxygens (including phenoxy) is 1. The smallest absolute Gasteiger partial charge is 0.190 e. The lowest BCUT2D eigenvalue weighted by molar-refractivity contribution is -0.00316. The Morgan fingerprint density at radius 2 is 2.00 bits per heavy atom. The van der Waals surface area contributed by atoms with E-state index in [1.54, 1.807) is 0 Å². The van der Waals surface area contributed by atoms with Crippen molar-refractivity contribution in [1.29, 1.82) is 0 Å². The molecule has 3 atom stereocenters. The second-order valence-corrected chi connectivity index (χ2v) is 7.05. The van der Waals surface area contributed by atoms with Gasteiger partial charge in [-0.05, 0) is 43.4 Å². The van der Waals surface area contributed by atoms with Crippen molar-refractivity contribution in [2.24, 2.45) is 5.92 Å². The van der Waals surface area contributed by atoms with E-state index in [1.165, 1.54) is 0 Å². The molecule has 0 aromatic heterocycles. The summed E-state index contributed by atoms with van der Waals surface area (Å²) in [4.78, 5) is 2.03. The van der Waals surface area contributed by atoms with Crippen molar-refractivity contribution in [1.82, 2.24) is 5.32 Å². The molecular weight excluding hydrogens is 328 g/mol. The summed E-state index contributed by atoms with van der Waals surface area (Å²) >= 11 is 11.8. The van der Waals surface area contributed by atoms with Gasteiger partial charge in [-0.2, -0.15) is 0 Å². The van der Waals surface area contributed by atoms with Crippen molar-refractivity contribution >= 4 is 34.6 Å². The van der Waals surface area contributed by atoms with Crippen LogP contribution in [0, 0.1) is 5.92 Å². The first kappa shape index (κ1) is 14.8. The van der Waals surface area contributed by atoms with E-state index in [9.17, 15) is 0 Å². The van der Waals surface area contributed by atoms with Gasteiger partial charge in [0.1, 0.15) is 5.75 Å². The van der Waals surface area contributed by atoms with Crippen molar-refractivity contribution in [3.8, 4) is 5.75 Å². The quantitative estimate of drug-likeness (QED) is 0.769. The molecule has 1 N–H and O–H groups in total. The van der Waals surface area contributed by atoms with E-state index in [1.807, 2.05) is 47.4 Å². The van der Waals surface area contributed by atoms with Crippen molar-refractivity contribution in [2.45, 2.75) is 25.6 Å². The highest BCUT2D eigenvalue weighted by molar-refractivity contribution is 7.80. The van der Waals surface area contributed by atoms with Crippen LogP contribution in [0.2, 0.25) is 5.02 Å². The second kappa shape index (κ2) is 5.11. The van der Waals surface area contributed by atoms with Gasteiger partial charge in [0.15, 0.2) is 10.8 Å². The molecule has 2 bridgehead atoms. The average molecular weight is 345 g/mol. The average Bonchev–Trinajstić information content (AvgIpc) is 2.50. The topological polar surface area (TPSA) is 24.5 Å². The van der Waals surface area contributed by atoms with E-state index in [-0.39, 0.29) is 12.0 Å². The number of hydrogen-bond donors (Lipinski definition) is 1. The zero-order chi connectivity index (χ0) is 16.2. The minimum atomic E-state index is -0.563. The van der Waals surface area contributed by atoms with Crippen molar-refractivity contribution in [3.63, 3.8) is 0 Å².